The number of nitrogens with zero attached hydrogens (tertiary/aromatic N) is 2. The molecule has 6 nitrogen and oxygen atoms in total. The van der Waals surface area contributed by atoms with Crippen LogP contribution >= 0.6 is 11.3 Å². The van der Waals surface area contributed by atoms with Crippen LogP contribution in [0.5, 0.6) is 0 Å². The Balaban J connectivity index is 3.17. The average molecular weight is 316 g/mol. The zero-order valence-electron chi connectivity index (χ0n) is 12.1. The Bertz CT molecular complexity index is 614. The predicted molar refractivity (Wildman–Crippen MR) is 82.8 cm³/mol. The molecule has 1 heterocycles. The number of nitrogens with two attached hydrogens (primary N) is 1. The van der Waals surface area contributed by atoms with E-state index in [0.717, 1.165) is 11.3 Å². The second-order valence-corrected chi connectivity index (χ2v) is 7.95. The van der Waals surface area contributed by atoms with Gasteiger partial charge in [-0.3, -0.25) is 0 Å². The second kappa shape index (κ2) is 6.43. The highest BCUT2D eigenvalue weighted by Gasteiger charge is 2.26. The molecule has 1 rings (SSSR count). The summed E-state index contributed by atoms with van der Waals surface area (Å²) in [5.41, 5.74) is 5.86. The Morgan fingerprint density at radius 1 is 1.50 bits per heavy atom. The first-order chi connectivity index (χ1) is 9.24. The van der Waals surface area contributed by atoms with Gasteiger partial charge in [0, 0.05) is 12.6 Å². The molecule has 0 bridgehead atoms. The van der Waals surface area contributed by atoms with Gasteiger partial charge in [-0.15, -0.1) is 11.3 Å². The van der Waals surface area contributed by atoms with Crippen LogP contribution in [0.25, 0.3) is 0 Å². The Hall–Kier alpha value is -1.30. The van der Waals surface area contributed by atoms with Crippen LogP contribution in [0.1, 0.15) is 18.7 Å². The molecule has 112 valence electrons. The summed E-state index contributed by atoms with van der Waals surface area (Å²) in [5, 5.41) is 12.6. The minimum absolute atomic E-state index is 0.0449. The van der Waals surface area contributed by atoms with Gasteiger partial charge in [0.15, 0.2) is 9.84 Å². The lowest BCUT2D eigenvalue weighted by molar-refractivity contribution is 0.326. The summed E-state index contributed by atoms with van der Waals surface area (Å²) in [5.74, 6) is -0.0449. The number of hydrogen-bond donors (Lipinski definition) is 2. The molecule has 0 aliphatic heterocycles. The van der Waals surface area contributed by atoms with E-state index >= 15 is 0 Å². The minimum atomic E-state index is -3.46. The van der Waals surface area contributed by atoms with Crippen LogP contribution in [-0.2, 0) is 9.84 Å². The van der Waals surface area contributed by atoms with E-state index in [2.05, 4.69) is 5.32 Å². The average Bonchev–Trinajstić information content (AvgIpc) is 2.72. The number of nitrogen functional groups attached to an aromatic ring is 1. The topological polar surface area (TPSA) is 99.2 Å². The number of thiophene rings is 1. The van der Waals surface area contributed by atoms with Gasteiger partial charge in [-0.05, 0) is 21.0 Å². The molecule has 0 radical (unpaired) electrons. The number of likely N-dealkylation sites (N-methyl/N-ethyl adjacent to an activating group) is 1. The number of hydrogen-bond acceptors (Lipinski definition) is 7. The van der Waals surface area contributed by atoms with Gasteiger partial charge in [-0.2, -0.15) is 5.26 Å². The van der Waals surface area contributed by atoms with Crippen molar-refractivity contribution in [3.05, 3.63) is 4.88 Å². The molecule has 0 amide bonds. The van der Waals surface area contributed by atoms with Crippen molar-refractivity contribution >= 4 is 31.9 Å². The molecule has 0 aromatic carbocycles. The molecule has 8 heteroatoms. The molecule has 20 heavy (non-hydrogen) atoms. The van der Waals surface area contributed by atoms with Gasteiger partial charge >= 0.3 is 0 Å². The lowest BCUT2D eigenvalue weighted by Gasteiger charge is -2.20. The number of nitrogens with one attached hydrogen (secondary N) is 1. The van der Waals surface area contributed by atoms with E-state index in [9.17, 15) is 8.42 Å². The molecular weight excluding hydrogens is 296 g/mol. The molecule has 3 N–H and O–H groups in total. The fourth-order valence-electron chi connectivity index (χ4n) is 1.50. The van der Waals surface area contributed by atoms with Gasteiger partial charge in [0.25, 0.3) is 0 Å². The summed E-state index contributed by atoms with van der Waals surface area (Å²) >= 11 is 1.09. The lowest BCUT2D eigenvalue weighted by atomic mass is 10.3. The van der Waals surface area contributed by atoms with Crippen molar-refractivity contribution < 1.29 is 8.42 Å². The molecule has 1 unspecified atom stereocenters. The predicted octanol–water partition coefficient (Wildman–Crippen LogP) is 1.36. The number of nitriles is 1. The second-order valence-electron chi connectivity index (χ2n) is 4.71. The van der Waals surface area contributed by atoms with E-state index in [0.29, 0.717) is 11.5 Å². The highest BCUT2D eigenvalue weighted by molar-refractivity contribution is 7.91. The fourth-order valence-corrected chi connectivity index (χ4v) is 3.98. The van der Waals surface area contributed by atoms with Gasteiger partial charge < -0.3 is 16.0 Å². The van der Waals surface area contributed by atoms with Crippen molar-refractivity contribution in [2.75, 3.05) is 37.4 Å². The molecule has 1 atom stereocenters. The summed E-state index contributed by atoms with van der Waals surface area (Å²) in [6.45, 7) is 4.15. The maximum Gasteiger partial charge on any atom is 0.183 e. The monoisotopic (exact) mass is 316 g/mol. The number of anilines is 2. The maximum atomic E-state index is 12.1. The lowest BCUT2D eigenvalue weighted by Crippen LogP contribution is -2.31. The van der Waals surface area contributed by atoms with Crippen molar-refractivity contribution in [2.24, 2.45) is 0 Å². The molecule has 0 saturated carbocycles. The van der Waals surface area contributed by atoms with E-state index in [1.54, 1.807) is 6.92 Å². The summed E-state index contributed by atoms with van der Waals surface area (Å²) in [6.07, 6.45) is 0. The van der Waals surface area contributed by atoms with Crippen molar-refractivity contribution in [1.82, 2.24) is 4.90 Å². The normalized spacial score (nSPS) is 13.2. The standard InChI is InChI=1S/C12H20N4O2S2/c1-5-20(17,18)11-10(14)9(6-13)19-12(11)15-7-8(2)16(3)4/h8,15H,5,7,14H2,1-4H3. The van der Waals surface area contributed by atoms with Crippen LogP contribution in [0.2, 0.25) is 0 Å². The first-order valence-electron chi connectivity index (χ1n) is 6.20. The molecule has 0 saturated heterocycles. The summed E-state index contributed by atoms with van der Waals surface area (Å²) < 4.78 is 24.2. The van der Waals surface area contributed by atoms with Crippen molar-refractivity contribution in [3.8, 4) is 6.07 Å². The largest absolute Gasteiger partial charge is 0.396 e. The van der Waals surface area contributed by atoms with Gasteiger partial charge in [-0.25, -0.2) is 8.42 Å². The maximum absolute atomic E-state index is 12.1. The zero-order chi connectivity index (χ0) is 15.5. The Morgan fingerprint density at radius 3 is 2.55 bits per heavy atom. The van der Waals surface area contributed by atoms with Crippen LogP contribution in [-0.4, -0.2) is 45.8 Å². The molecule has 0 spiro atoms. The molecule has 0 fully saturated rings. The van der Waals surface area contributed by atoms with E-state index in [-0.39, 0.29) is 27.3 Å². The van der Waals surface area contributed by atoms with Crippen LogP contribution < -0.4 is 11.1 Å². The van der Waals surface area contributed by atoms with Crippen LogP contribution in [0.3, 0.4) is 0 Å². The third kappa shape index (κ3) is 3.42. The van der Waals surface area contributed by atoms with E-state index < -0.39 is 9.84 Å². The smallest absolute Gasteiger partial charge is 0.183 e. The zero-order valence-corrected chi connectivity index (χ0v) is 13.7. The van der Waals surface area contributed by atoms with E-state index in [4.69, 9.17) is 11.0 Å². The third-order valence-electron chi connectivity index (χ3n) is 3.13. The third-order valence-corrected chi connectivity index (χ3v) is 6.14. The van der Waals surface area contributed by atoms with Crippen molar-refractivity contribution in [2.45, 2.75) is 24.8 Å². The van der Waals surface area contributed by atoms with Crippen LogP contribution in [0, 0.1) is 11.3 Å². The summed E-state index contributed by atoms with van der Waals surface area (Å²) in [6, 6.07) is 2.16. The molecule has 0 aliphatic carbocycles. The van der Waals surface area contributed by atoms with E-state index in [1.807, 2.05) is 32.0 Å². The van der Waals surface area contributed by atoms with Gasteiger partial charge in [0.2, 0.25) is 0 Å². The Morgan fingerprint density at radius 2 is 2.10 bits per heavy atom. The number of rotatable bonds is 6. The first kappa shape index (κ1) is 16.8. The van der Waals surface area contributed by atoms with Gasteiger partial charge in [-0.1, -0.05) is 6.92 Å². The Kier molecular flexibility index (Phi) is 5.39. The Labute approximate surface area is 124 Å². The minimum Gasteiger partial charge on any atom is -0.396 e. The van der Waals surface area contributed by atoms with E-state index in [1.165, 1.54) is 0 Å². The molecule has 1 aromatic heterocycles. The molecule has 1 aromatic rings. The highest BCUT2D eigenvalue weighted by atomic mass is 32.2. The summed E-state index contributed by atoms with van der Waals surface area (Å²) in [4.78, 5) is 2.31. The molecule has 0 aliphatic rings. The van der Waals surface area contributed by atoms with Gasteiger partial charge in [0.05, 0.1) is 11.4 Å². The van der Waals surface area contributed by atoms with Crippen LogP contribution in [0.4, 0.5) is 10.7 Å². The number of sulfone groups is 1. The highest BCUT2D eigenvalue weighted by Crippen LogP contribution is 2.39. The summed E-state index contributed by atoms with van der Waals surface area (Å²) in [7, 11) is 0.429. The van der Waals surface area contributed by atoms with Gasteiger partial charge in [0.1, 0.15) is 20.8 Å². The van der Waals surface area contributed by atoms with Crippen molar-refractivity contribution in [1.29, 1.82) is 5.26 Å². The first-order valence-corrected chi connectivity index (χ1v) is 8.66. The SMILES string of the molecule is CCS(=O)(=O)c1c(NCC(C)N(C)C)sc(C#N)c1N. The van der Waals surface area contributed by atoms with Crippen LogP contribution in [0.15, 0.2) is 4.90 Å². The fraction of sp³-hybridized carbons (Fsp3) is 0.583. The van der Waals surface area contributed by atoms with Crippen molar-refractivity contribution in [3.63, 3.8) is 0 Å². The molecular formula is C12H20N4O2S2. The quantitative estimate of drug-likeness (QED) is 0.822.